The summed E-state index contributed by atoms with van der Waals surface area (Å²) in [6.07, 6.45) is -0.159. The Morgan fingerprint density at radius 3 is 2.72 bits per heavy atom. The van der Waals surface area contributed by atoms with E-state index in [0.29, 0.717) is 22.5 Å². The van der Waals surface area contributed by atoms with Gasteiger partial charge in [-0.1, -0.05) is 12.1 Å². The molecule has 94 valence electrons. The number of carboxylic acid groups (broad SMARTS) is 1. The van der Waals surface area contributed by atoms with Gasteiger partial charge in [0, 0.05) is 12.6 Å². The van der Waals surface area contributed by atoms with Crippen LogP contribution in [0, 0.1) is 12.7 Å². The van der Waals surface area contributed by atoms with Crippen LogP contribution < -0.4 is 0 Å². The molecule has 0 radical (unpaired) electrons. The van der Waals surface area contributed by atoms with Crippen molar-refractivity contribution in [1.82, 2.24) is 9.78 Å². The first-order valence-electron chi connectivity index (χ1n) is 5.50. The van der Waals surface area contributed by atoms with Crippen molar-refractivity contribution in [2.75, 3.05) is 0 Å². The second kappa shape index (κ2) is 4.60. The number of halogens is 1. The number of carbonyl (C=O) groups is 1. The van der Waals surface area contributed by atoms with E-state index in [9.17, 15) is 9.18 Å². The van der Waals surface area contributed by atoms with Crippen molar-refractivity contribution in [2.24, 2.45) is 7.05 Å². The zero-order chi connectivity index (χ0) is 13.3. The highest BCUT2D eigenvalue weighted by Gasteiger charge is 2.18. The van der Waals surface area contributed by atoms with Crippen LogP contribution in [0.15, 0.2) is 24.3 Å². The van der Waals surface area contributed by atoms with Gasteiger partial charge in [-0.2, -0.15) is 5.10 Å². The first-order chi connectivity index (χ1) is 8.50. The van der Waals surface area contributed by atoms with Gasteiger partial charge in [-0.3, -0.25) is 9.48 Å². The molecule has 0 unspecified atom stereocenters. The molecule has 0 aliphatic rings. The lowest BCUT2D eigenvalue weighted by Crippen LogP contribution is -2.02. The molecule has 5 heteroatoms. The van der Waals surface area contributed by atoms with E-state index in [-0.39, 0.29) is 12.2 Å². The number of aryl methyl sites for hydroxylation is 1. The van der Waals surface area contributed by atoms with Crippen LogP contribution in [0.3, 0.4) is 0 Å². The fourth-order valence-corrected chi connectivity index (χ4v) is 2.03. The Bertz CT molecular complexity index is 605. The fraction of sp³-hybridized carbons (Fsp3) is 0.231. The first kappa shape index (κ1) is 12.3. The first-order valence-corrected chi connectivity index (χ1v) is 5.50. The molecule has 0 saturated heterocycles. The van der Waals surface area contributed by atoms with Crippen LogP contribution in [0.2, 0.25) is 0 Å². The summed E-state index contributed by atoms with van der Waals surface area (Å²) in [5.41, 5.74) is 2.21. The quantitative estimate of drug-likeness (QED) is 0.905. The van der Waals surface area contributed by atoms with E-state index in [1.54, 1.807) is 32.2 Å². The molecule has 1 N–H and O–H groups in total. The van der Waals surface area contributed by atoms with Crippen LogP contribution in [0.4, 0.5) is 4.39 Å². The van der Waals surface area contributed by atoms with Gasteiger partial charge in [0.25, 0.3) is 0 Å². The average molecular weight is 248 g/mol. The highest BCUT2D eigenvalue weighted by molar-refractivity contribution is 5.72. The van der Waals surface area contributed by atoms with Crippen LogP contribution in [0.5, 0.6) is 0 Å². The standard InChI is InChI=1S/C13H13FN2O2/c1-8-11(7-12(17)18)15-16(2)13(8)9-5-3-4-6-10(9)14/h3-6H,7H2,1-2H3,(H,17,18). The van der Waals surface area contributed by atoms with Crippen molar-refractivity contribution >= 4 is 5.97 Å². The maximum absolute atomic E-state index is 13.7. The lowest BCUT2D eigenvalue weighted by Gasteiger charge is -2.04. The van der Waals surface area contributed by atoms with Gasteiger partial charge in [0.05, 0.1) is 17.8 Å². The Morgan fingerprint density at radius 2 is 2.11 bits per heavy atom. The Kier molecular flexibility index (Phi) is 3.14. The normalized spacial score (nSPS) is 10.6. The SMILES string of the molecule is Cc1c(CC(=O)O)nn(C)c1-c1ccccc1F. The Labute approximate surface area is 104 Å². The molecule has 0 spiro atoms. The molecular weight excluding hydrogens is 235 g/mol. The smallest absolute Gasteiger partial charge is 0.309 e. The third kappa shape index (κ3) is 2.11. The number of aliphatic carboxylic acids is 1. The summed E-state index contributed by atoms with van der Waals surface area (Å²) in [6.45, 7) is 1.76. The van der Waals surface area contributed by atoms with Crippen molar-refractivity contribution in [3.05, 3.63) is 41.3 Å². The maximum atomic E-state index is 13.7. The lowest BCUT2D eigenvalue weighted by molar-refractivity contribution is -0.136. The molecule has 1 aromatic carbocycles. The Balaban J connectivity index is 2.56. The number of hydrogen-bond acceptors (Lipinski definition) is 2. The number of rotatable bonds is 3. The molecule has 4 nitrogen and oxygen atoms in total. The molecule has 0 atom stereocenters. The molecule has 0 saturated carbocycles. The predicted molar refractivity (Wildman–Crippen MR) is 64.7 cm³/mol. The fourth-order valence-electron chi connectivity index (χ4n) is 2.03. The molecule has 2 aromatic rings. The van der Waals surface area contributed by atoms with Crippen LogP contribution in [0.25, 0.3) is 11.3 Å². The van der Waals surface area contributed by atoms with Crippen molar-refractivity contribution in [1.29, 1.82) is 0 Å². The van der Waals surface area contributed by atoms with Crippen LogP contribution in [-0.4, -0.2) is 20.9 Å². The van der Waals surface area contributed by atoms with Gasteiger partial charge in [-0.05, 0) is 24.6 Å². The largest absolute Gasteiger partial charge is 0.481 e. The Morgan fingerprint density at radius 1 is 1.44 bits per heavy atom. The monoisotopic (exact) mass is 248 g/mol. The summed E-state index contributed by atoms with van der Waals surface area (Å²) >= 11 is 0. The van der Waals surface area contributed by atoms with E-state index in [4.69, 9.17) is 5.11 Å². The van der Waals surface area contributed by atoms with Crippen LogP contribution in [-0.2, 0) is 18.3 Å². The van der Waals surface area contributed by atoms with E-state index in [1.165, 1.54) is 10.7 Å². The summed E-state index contributed by atoms with van der Waals surface area (Å²) in [5.74, 6) is -1.29. The van der Waals surface area contributed by atoms with Crippen molar-refractivity contribution < 1.29 is 14.3 Å². The highest BCUT2D eigenvalue weighted by Crippen LogP contribution is 2.27. The molecule has 2 rings (SSSR count). The van der Waals surface area contributed by atoms with Crippen LogP contribution in [0.1, 0.15) is 11.3 Å². The van der Waals surface area contributed by atoms with Crippen LogP contribution >= 0.6 is 0 Å². The Hall–Kier alpha value is -2.17. The summed E-state index contributed by atoms with van der Waals surface area (Å²) in [4.78, 5) is 10.7. The van der Waals surface area contributed by atoms with E-state index >= 15 is 0 Å². The average Bonchev–Trinajstić information content (AvgIpc) is 2.55. The summed E-state index contributed by atoms with van der Waals surface area (Å²) in [6, 6.07) is 6.38. The number of aromatic nitrogens is 2. The predicted octanol–water partition coefficient (Wildman–Crippen LogP) is 2.16. The number of benzene rings is 1. The second-order valence-corrected chi connectivity index (χ2v) is 4.09. The minimum absolute atomic E-state index is 0.159. The summed E-state index contributed by atoms with van der Waals surface area (Å²) in [7, 11) is 1.68. The van der Waals surface area contributed by atoms with Gasteiger partial charge in [0.15, 0.2) is 0 Å². The van der Waals surface area contributed by atoms with Crippen molar-refractivity contribution in [2.45, 2.75) is 13.3 Å². The third-order valence-corrected chi connectivity index (χ3v) is 2.83. The van der Waals surface area contributed by atoms with E-state index in [0.717, 1.165) is 0 Å². The molecular formula is C13H13FN2O2. The molecule has 1 heterocycles. The van der Waals surface area contributed by atoms with Gasteiger partial charge in [0.2, 0.25) is 0 Å². The van der Waals surface area contributed by atoms with Crippen molar-refractivity contribution in [3.63, 3.8) is 0 Å². The number of nitrogens with zero attached hydrogens (tertiary/aromatic N) is 2. The number of carboxylic acids is 1. The molecule has 0 fully saturated rings. The molecule has 0 bridgehead atoms. The second-order valence-electron chi connectivity index (χ2n) is 4.09. The topological polar surface area (TPSA) is 55.1 Å². The minimum atomic E-state index is -0.948. The highest BCUT2D eigenvalue weighted by atomic mass is 19.1. The molecule has 18 heavy (non-hydrogen) atoms. The summed E-state index contributed by atoms with van der Waals surface area (Å²) in [5, 5.41) is 12.9. The zero-order valence-corrected chi connectivity index (χ0v) is 10.1. The number of hydrogen-bond donors (Lipinski definition) is 1. The van der Waals surface area contributed by atoms with E-state index < -0.39 is 5.97 Å². The molecule has 0 aliphatic heterocycles. The molecule has 0 amide bonds. The molecule has 0 aliphatic carbocycles. The van der Waals surface area contributed by atoms with Gasteiger partial charge in [0.1, 0.15) is 5.82 Å². The van der Waals surface area contributed by atoms with Gasteiger partial charge < -0.3 is 5.11 Å². The summed E-state index contributed by atoms with van der Waals surface area (Å²) < 4.78 is 15.3. The van der Waals surface area contributed by atoms with Gasteiger partial charge in [-0.15, -0.1) is 0 Å². The van der Waals surface area contributed by atoms with Gasteiger partial charge in [-0.25, -0.2) is 4.39 Å². The lowest BCUT2D eigenvalue weighted by atomic mass is 10.1. The van der Waals surface area contributed by atoms with Crippen molar-refractivity contribution in [3.8, 4) is 11.3 Å². The van der Waals surface area contributed by atoms with E-state index in [1.807, 2.05) is 0 Å². The minimum Gasteiger partial charge on any atom is -0.481 e. The van der Waals surface area contributed by atoms with E-state index in [2.05, 4.69) is 5.10 Å². The maximum Gasteiger partial charge on any atom is 0.309 e. The third-order valence-electron chi connectivity index (χ3n) is 2.83. The zero-order valence-electron chi connectivity index (χ0n) is 10.1. The molecule has 1 aromatic heterocycles. The van der Waals surface area contributed by atoms with Gasteiger partial charge >= 0.3 is 5.97 Å².